The van der Waals surface area contributed by atoms with Gasteiger partial charge in [-0.25, -0.2) is 4.79 Å². The first-order valence-corrected chi connectivity index (χ1v) is 6.86. The molecule has 2 N–H and O–H groups in total. The number of carbonyl (C=O) groups is 2. The Morgan fingerprint density at radius 3 is 2.56 bits per heavy atom. The van der Waals surface area contributed by atoms with E-state index in [1.807, 2.05) is 18.2 Å². The van der Waals surface area contributed by atoms with Crippen molar-refractivity contribution in [2.45, 2.75) is 18.6 Å². The molecule has 1 aromatic carbocycles. The summed E-state index contributed by atoms with van der Waals surface area (Å²) in [6, 6.07) is 9.68. The summed E-state index contributed by atoms with van der Waals surface area (Å²) in [5.74, 6) is 0.445. The Balaban J connectivity index is 2.26. The largest absolute Gasteiger partial charge is 0.341 e. The average Bonchev–Trinajstić information content (AvgIpc) is 2.39. The van der Waals surface area contributed by atoms with E-state index < -0.39 is 6.03 Å². The summed E-state index contributed by atoms with van der Waals surface area (Å²) in [7, 11) is 1.48. The minimum Gasteiger partial charge on any atom is -0.341 e. The molecule has 0 radical (unpaired) electrons. The van der Waals surface area contributed by atoms with Crippen LogP contribution < -0.4 is 10.6 Å². The number of carbonyl (C=O) groups excluding carboxylic acids is 2. The molecule has 4 nitrogen and oxygen atoms in total. The van der Waals surface area contributed by atoms with Crippen molar-refractivity contribution in [2.24, 2.45) is 0 Å². The molecule has 1 aromatic rings. The van der Waals surface area contributed by atoms with Crippen LogP contribution in [0.4, 0.5) is 4.79 Å². The van der Waals surface area contributed by atoms with Crippen molar-refractivity contribution < 1.29 is 9.59 Å². The number of hydrogen-bond acceptors (Lipinski definition) is 3. The van der Waals surface area contributed by atoms with Gasteiger partial charge in [0.25, 0.3) is 0 Å². The van der Waals surface area contributed by atoms with E-state index in [1.54, 1.807) is 11.8 Å². The van der Waals surface area contributed by atoms with Crippen LogP contribution in [0, 0.1) is 0 Å². The van der Waals surface area contributed by atoms with Gasteiger partial charge in [-0.15, -0.1) is 0 Å². The second kappa shape index (κ2) is 7.76. The second-order valence-corrected chi connectivity index (χ2v) is 5.25. The summed E-state index contributed by atoms with van der Waals surface area (Å²) in [6.07, 6.45) is 0.343. The molecule has 0 saturated carbocycles. The molecule has 1 atom stereocenters. The third-order valence-electron chi connectivity index (χ3n) is 2.45. The Labute approximate surface area is 112 Å². The van der Waals surface area contributed by atoms with Gasteiger partial charge in [0, 0.05) is 24.5 Å². The van der Waals surface area contributed by atoms with Crippen molar-refractivity contribution in [3.8, 4) is 0 Å². The van der Waals surface area contributed by atoms with Crippen molar-refractivity contribution in [3.63, 3.8) is 0 Å². The molecule has 0 aliphatic heterocycles. The van der Waals surface area contributed by atoms with E-state index in [2.05, 4.69) is 29.7 Å². The molecule has 0 aliphatic rings. The fourth-order valence-electron chi connectivity index (χ4n) is 1.40. The Bertz CT molecular complexity index is 395. The second-order valence-electron chi connectivity index (χ2n) is 3.80. The predicted molar refractivity (Wildman–Crippen MR) is 74.5 cm³/mol. The topological polar surface area (TPSA) is 58.2 Å². The van der Waals surface area contributed by atoms with Crippen LogP contribution in [0.3, 0.4) is 0 Å². The van der Waals surface area contributed by atoms with E-state index in [-0.39, 0.29) is 5.91 Å². The molecule has 3 amide bonds. The first-order chi connectivity index (χ1) is 8.63. The van der Waals surface area contributed by atoms with Crippen LogP contribution in [0.2, 0.25) is 0 Å². The van der Waals surface area contributed by atoms with Crippen LogP contribution >= 0.6 is 11.8 Å². The summed E-state index contributed by atoms with van der Waals surface area (Å²) in [6.45, 7) is 2.11. The number of urea groups is 1. The van der Waals surface area contributed by atoms with Gasteiger partial charge in [0.2, 0.25) is 5.91 Å². The molecule has 0 aliphatic carbocycles. The van der Waals surface area contributed by atoms with E-state index in [0.29, 0.717) is 17.4 Å². The maximum atomic E-state index is 11.3. The van der Waals surface area contributed by atoms with Gasteiger partial charge in [-0.2, -0.15) is 11.8 Å². The Morgan fingerprint density at radius 2 is 1.94 bits per heavy atom. The molecule has 0 spiro atoms. The number of benzene rings is 1. The zero-order valence-corrected chi connectivity index (χ0v) is 11.4. The third-order valence-corrected chi connectivity index (χ3v) is 3.66. The van der Waals surface area contributed by atoms with E-state index in [1.165, 1.54) is 12.6 Å². The minimum absolute atomic E-state index is 0.248. The van der Waals surface area contributed by atoms with Gasteiger partial charge in [0.1, 0.15) is 0 Å². The highest BCUT2D eigenvalue weighted by molar-refractivity contribution is 7.99. The number of rotatable bonds is 5. The fraction of sp³-hybridized carbons (Fsp3) is 0.385. The summed E-state index contributed by atoms with van der Waals surface area (Å²) < 4.78 is 0. The fourth-order valence-corrected chi connectivity index (χ4v) is 2.41. The average molecular weight is 266 g/mol. The zero-order chi connectivity index (χ0) is 13.4. The minimum atomic E-state index is -0.457. The normalized spacial score (nSPS) is 11.7. The van der Waals surface area contributed by atoms with Gasteiger partial charge in [0.05, 0.1) is 0 Å². The lowest BCUT2D eigenvalue weighted by molar-refractivity contribution is -0.119. The molecular formula is C13H18N2O2S. The van der Waals surface area contributed by atoms with Gasteiger partial charge in [-0.05, 0) is 12.5 Å². The number of amides is 3. The maximum absolute atomic E-state index is 11.3. The molecule has 1 rings (SSSR count). The van der Waals surface area contributed by atoms with Gasteiger partial charge >= 0.3 is 6.03 Å². The van der Waals surface area contributed by atoms with Crippen LogP contribution in [0.5, 0.6) is 0 Å². The Hall–Kier alpha value is -1.49. The lowest BCUT2D eigenvalue weighted by atomic mass is 10.2. The van der Waals surface area contributed by atoms with Gasteiger partial charge in [-0.1, -0.05) is 30.3 Å². The number of imide groups is 1. The molecule has 5 heteroatoms. The highest BCUT2D eigenvalue weighted by Gasteiger charge is 2.08. The van der Waals surface area contributed by atoms with E-state index in [9.17, 15) is 9.59 Å². The van der Waals surface area contributed by atoms with Crippen molar-refractivity contribution in [3.05, 3.63) is 35.9 Å². The van der Waals surface area contributed by atoms with Crippen molar-refractivity contribution in [1.82, 2.24) is 10.6 Å². The summed E-state index contributed by atoms with van der Waals surface area (Å²) in [5.41, 5.74) is 1.24. The molecular weight excluding hydrogens is 248 g/mol. The monoisotopic (exact) mass is 266 g/mol. The number of thioether (sulfide) groups is 1. The summed E-state index contributed by atoms with van der Waals surface area (Å²) >= 11 is 1.70. The lowest BCUT2D eigenvalue weighted by Gasteiger charge is -2.11. The van der Waals surface area contributed by atoms with Gasteiger partial charge < -0.3 is 5.32 Å². The molecule has 0 unspecified atom stereocenters. The van der Waals surface area contributed by atoms with Crippen LogP contribution in [0.15, 0.2) is 30.3 Å². The predicted octanol–water partition coefficient (Wildman–Crippen LogP) is 2.33. The van der Waals surface area contributed by atoms with E-state index in [4.69, 9.17) is 0 Å². The van der Waals surface area contributed by atoms with Crippen molar-refractivity contribution in [2.75, 3.05) is 12.8 Å². The zero-order valence-electron chi connectivity index (χ0n) is 10.6. The molecule has 0 saturated heterocycles. The van der Waals surface area contributed by atoms with Gasteiger partial charge in [0.15, 0.2) is 0 Å². The van der Waals surface area contributed by atoms with Crippen LogP contribution in [0.1, 0.15) is 24.2 Å². The molecule has 98 valence electrons. The van der Waals surface area contributed by atoms with Crippen molar-refractivity contribution >= 4 is 23.7 Å². The van der Waals surface area contributed by atoms with Gasteiger partial charge in [-0.3, -0.25) is 10.1 Å². The molecule has 0 heterocycles. The molecule has 0 aromatic heterocycles. The van der Waals surface area contributed by atoms with Crippen LogP contribution in [-0.2, 0) is 4.79 Å². The summed E-state index contributed by atoms with van der Waals surface area (Å²) in [4.78, 5) is 22.2. The van der Waals surface area contributed by atoms with Crippen LogP contribution in [-0.4, -0.2) is 24.7 Å². The Kier molecular flexibility index (Phi) is 6.28. The molecule has 0 fully saturated rings. The quantitative estimate of drug-likeness (QED) is 0.860. The molecule has 18 heavy (non-hydrogen) atoms. The highest BCUT2D eigenvalue weighted by atomic mass is 32.2. The SMILES string of the molecule is CNC(=O)NC(=O)CCS[C@@H](C)c1ccccc1. The summed E-state index contributed by atoms with van der Waals surface area (Å²) in [5, 5.41) is 4.93. The first kappa shape index (κ1) is 14.6. The highest BCUT2D eigenvalue weighted by Crippen LogP contribution is 2.27. The maximum Gasteiger partial charge on any atom is 0.321 e. The Morgan fingerprint density at radius 1 is 1.28 bits per heavy atom. The number of nitrogens with one attached hydrogen (secondary N) is 2. The van der Waals surface area contributed by atoms with E-state index >= 15 is 0 Å². The third kappa shape index (κ3) is 5.23. The van der Waals surface area contributed by atoms with E-state index in [0.717, 1.165) is 0 Å². The standard InChI is InChI=1S/C13H18N2O2S/c1-10(11-6-4-3-5-7-11)18-9-8-12(16)15-13(17)14-2/h3-7,10H,8-9H2,1-2H3,(H2,14,15,16,17)/t10-/m0/s1. The van der Waals surface area contributed by atoms with Crippen molar-refractivity contribution in [1.29, 1.82) is 0 Å². The first-order valence-electron chi connectivity index (χ1n) is 5.81. The molecule has 0 bridgehead atoms. The lowest BCUT2D eigenvalue weighted by Crippen LogP contribution is -2.37. The van der Waals surface area contributed by atoms with Crippen LogP contribution in [0.25, 0.3) is 0 Å². The number of hydrogen-bond donors (Lipinski definition) is 2. The smallest absolute Gasteiger partial charge is 0.321 e.